The van der Waals surface area contributed by atoms with Crippen molar-refractivity contribution in [3.63, 3.8) is 0 Å². The summed E-state index contributed by atoms with van der Waals surface area (Å²) in [6, 6.07) is 6.41. The Labute approximate surface area is 122 Å². The molecular weight excluding hydrogens is 364 g/mol. The van der Waals surface area contributed by atoms with Crippen molar-refractivity contribution in [2.24, 2.45) is 0 Å². The van der Waals surface area contributed by atoms with Crippen LogP contribution in [0.25, 0.3) is 11.3 Å². The van der Waals surface area contributed by atoms with Gasteiger partial charge < -0.3 is 5.32 Å². The van der Waals surface area contributed by atoms with Crippen LogP contribution in [0.5, 0.6) is 0 Å². The first-order chi connectivity index (χ1) is 8.11. The van der Waals surface area contributed by atoms with Crippen molar-refractivity contribution < 1.29 is 0 Å². The molecule has 0 amide bonds. The molecule has 1 N–H and O–H groups in total. The van der Waals surface area contributed by atoms with E-state index in [0.717, 1.165) is 25.2 Å². The molecule has 1 aromatic carbocycles. The predicted octanol–water partition coefficient (Wildman–Crippen LogP) is 4.62. The van der Waals surface area contributed by atoms with Gasteiger partial charge >= 0.3 is 0 Å². The highest BCUT2D eigenvalue weighted by atomic mass is 79.9. The minimum atomic E-state index is 0.291. The average molecular weight is 376 g/mol. The molecule has 1 unspecified atom stereocenters. The van der Waals surface area contributed by atoms with Crippen molar-refractivity contribution in [3.05, 3.63) is 37.5 Å². The molecule has 0 bridgehead atoms. The van der Waals surface area contributed by atoms with Crippen LogP contribution < -0.4 is 5.32 Å². The van der Waals surface area contributed by atoms with Gasteiger partial charge in [-0.25, -0.2) is 4.98 Å². The molecule has 0 aliphatic heterocycles. The third-order valence-corrected chi connectivity index (χ3v) is 4.74. The normalized spacial score (nSPS) is 12.7. The van der Waals surface area contributed by atoms with Crippen LogP contribution in [-0.2, 0) is 0 Å². The lowest BCUT2D eigenvalue weighted by atomic mass is 10.2. The smallest absolute Gasteiger partial charge is 0.110 e. The maximum Gasteiger partial charge on any atom is 0.110 e. The van der Waals surface area contributed by atoms with E-state index in [4.69, 9.17) is 0 Å². The van der Waals surface area contributed by atoms with Gasteiger partial charge in [0.2, 0.25) is 0 Å². The molecule has 90 valence electrons. The van der Waals surface area contributed by atoms with E-state index in [-0.39, 0.29) is 0 Å². The first-order valence-corrected chi connectivity index (χ1v) is 7.66. The second kappa shape index (κ2) is 5.61. The van der Waals surface area contributed by atoms with Crippen molar-refractivity contribution in [1.29, 1.82) is 0 Å². The zero-order chi connectivity index (χ0) is 12.4. The van der Waals surface area contributed by atoms with Gasteiger partial charge in [0.1, 0.15) is 5.01 Å². The largest absolute Gasteiger partial charge is 0.311 e. The number of rotatable bonds is 3. The summed E-state index contributed by atoms with van der Waals surface area (Å²) in [6.45, 7) is 2.11. The number of thiazole rings is 1. The standard InChI is InChI=1S/C12H12Br2N2S/c1-7(15-2)12-16-11(6-17-12)9-5-8(13)3-4-10(9)14/h3-7,15H,1-2H3. The number of halogens is 2. The molecule has 5 heteroatoms. The summed E-state index contributed by atoms with van der Waals surface area (Å²) in [5, 5.41) is 6.40. The van der Waals surface area contributed by atoms with Gasteiger partial charge in [-0.15, -0.1) is 11.3 Å². The summed E-state index contributed by atoms with van der Waals surface area (Å²) < 4.78 is 2.13. The Morgan fingerprint density at radius 3 is 2.82 bits per heavy atom. The maximum atomic E-state index is 4.66. The number of hydrogen-bond donors (Lipinski definition) is 1. The molecule has 0 aliphatic carbocycles. The van der Waals surface area contributed by atoms with Crippen LogP contribution in [0, 0.1) is 0 Å². The molecule has 0 spiro atoms. The monoisotopic (exact) mass is 374 g/mol. The summed E-state index contributed by atoms with van der Waals surface area (Å²) in [5.74, 6) is 0. The van der Waals surface area contributed by atoms with Crippen LogP contribution in [0.3, 0.4) is 0 Å². The quantitative estimate of drug-likeness (QED) is 0.846. The first-order valence-electron chi connectivity index (χ1n) is 5.20. The fraction of sp³-hybridized carbons (Fsp3) is 0.250. The Morgan fingerprint density at radius 1 is 1.35 bits per heavy atom. The van der Waals surface area contributed by atoms with Crippen LogP contribution >= 0.6 is 43.2 Å². The zero-order valence-corrected chi connectivity index (χ0v) is 13.5. The molecule has 0 saturated carbocycles. The van der Waals surface area contributed by atoms with E-state index >= 15 is 0 Å². The Morgan fingerprint density at radius 2 is 2.12 bits per heavy atom. The third-order valence-electron chi connectivity index (χ3n) is 2.53. The van der Waals surface area contributed by atoms with Crippen LogP contribution in [0.2, 0.25) is 0 Å². The summed E-state index contributed by atoms with van der Waals surface area (Å²) in [6.07, 6.45) is 0. The van der Waals surface area contributed by atoms with Crippen LogP contribution in [-0.4, -0.2) is 12.0 Å². The van der Waals surface area contributed by atoms with Gasteiger partial charge in [-0.05, 0) is 32.2 Å². The van der Waals surface area contributed by atoms with E-state index in [1.807, 2.05) is 19.2 Å². The molecule has 0 aliphatic rings. The van der Waals surface area contributed by atoms with Crippen LogP contribution in [0.4, 0.5) is 0 Å². The number of nitrogens with zero attached hydrogens (tertiary/aromatic N) is 1. The molecule has 1 aromatic heterocycles. The highest BCUT2D eigenvalue weighted by Gasteiger charge is 2.11. The Hall–Kier alpha value is -0.230. The molecule has 1 heterocycles. The molecule has 2 nitrogen and oxygen atoms in total. The van der Waals surface area contributed by atoms with Crippen molar-refractivity contribution >= 4 is 43.2 Å². The maximum absolute atomic E-state index is 4.66. The van der Waals surface area contributed by atoms with Gasteiger partial charge in [0.15, 0.2) is 0 Å². The average Bonchev–Trinajstić information content (AvgIpc) is 2.80. The minimum Gasteiger partial charge on any atom is -0.311 e. The molecular formula is C12H12Br2N2S. The Bertz CT molecular complexity index is 525. The van der Waals surface area contributed by atoms with Gasteiger partial charge in [-0.2, -0.15) is 0 Å². The summed E-state index contributed by atoms with van der Waals surface area (Å²) >= 11 is 8.73. The van der Waals surface area contributed by atoms with Gasteiger partial charge in [0.25, 0.3) is 0 Å². The lowest BCUT2D eigenvalue weighted by Gasteiger charge is -2.05. The SMILES string of the molecule is CNC(C)c1nc(-c2cc(Br)ccc2Br)cs1. The lowest BCUT2D eigenvalue weighted by Crippen LogP contribution is -2.11. The third kappa shape index (κ3) is 2.96. The van der Waals surface area contributed by atoms with Crippen molar-refractivity contribution in [2.45, 2.75) is 13.0 Å². The number of benzene rings is 1. The van der Waals surface area contributed by atoms with E-state index in [9.17, 15) is 0 Å². The highest BCUT2D eigenvalue weighted by molar-refractivity contribution is 9.11. The number of aromatic nitrogens is 1. The summed E-state index contributed by atoms with van der Waals surface area (Å²) in [4.78, 5) is 4.66. The number of hydrogen-bond acceptors (Lipinski definition) is 3. The van der Waals surface area contributed by atoms with Gasteiger partial charge in [-0.1, -0.05) is 31.9 Å². The fourth-order valence-electron chi connectivity index (χ4n) is 1.43. The number of nitrogens with one attached hydrogen (secondary N) is 1. The van der Waals surface area contributed by atoms with E-state index in [0.29, 0.717) is 6.04 Å². The summed E-state index contributed by atoms with van der Waals surface area (Å²) in [5.41, 5.74) is 2.13. The van der Waals surface area contributed by atoms with Gasteiger partial charge in [0.05, 0.1) is 11.7 Å². The lowest BCUT2D eigenvalue weighted by molar-refractivity contribution is 0.648. The zero-order valence-electron chi connectivity index (χ0n) is 9.50. The molecule has 0 saturated heterocycles. The molecule has 0 fully saturated rings. The van der Waals surface area contributed by atoms with E-state index < -0.39 is 0 Å². The minimum absolute atomic E-state index is 0.291. The molecule has 2 aromatic rings. The van der Waals surface area contributed by atoms with Gasteiger partial charge in [-0.3, -0.25) is 0 Å². The topological polar surface area (TPSA) is 24.9 Å². The molecule has 1 atom stereocenters. The Kier molecular flexibility index (Phi) is 4.36. The van der Waals surface area contributed by atoms with E-state index in [2.05, 4.69) is 60.5 Å². The van der Waals surface area contributed by atoms with E-state index in [1.54, 1.807) is 11.3 Å². The summed E-state index contributed by atoms with van der Waals surface area (Å²) in [7, 11) is 1.95. The second-order valence-electron chi connectivity index (χ2n) is 3.71. The van der Waals surface area contributed by atoms with Crippen LogP contribution in [0.1, 0.15) is 18.0 Å². The Balaban J connectivity index is 2.40. The predicted molar refractivity (Wildman–Crippen MR) is 80.4 cm³/mol. The molecule has 0 radical (unpaired) electrons. The highest BCUT2D eigenvalue weighted by Crippen LogP contribution is 2.32. The second-order valence-corrected chi connectivity index (χ2v) is 6.37. The molecule has 17 heavy (non-hydrogen) atoms. The van der Waals surface area contributed by atoms with Crippen molar-refractivity contribution in [1.82, 2.24) is 10.3 Å². The first kappa shape index (κ1) is 13.2. The van der Waals surface area contributed by atoms with Crippen molar-refractivity contribution in [3.8, 4) is 11.3 Å². The van der Waals surface area contributed by atoms with Crippen LogP contribution in [0.15, 0.2) is 32.5 Å². The van der Waals surface area contributed by atoms with Gasteiger partial charge in [0, 0.05) is 19.9 Å². The fourth-order valence-corrected chi connectivity index (χ4v) is 3.12. The molecule has 2 rings (SSSR count). The van der Waals surface area contributed by atoms with Crippen molar-refractivity contribution in [2.75, 3.05) is 7.05 Å². The van der Waals surface area contributed by atoms with E-state index in [1.165, 1.54) is 0 Å².